The van der Waals surface area contributed by atoms with Crippen LogP contribution < -0.4 is 10.6 Å². The van der Waals surface area contributed by atoms with Crippen LogP contribution >= 0.6 is 0 Å². The molecule has 6 nitrogen and oxygen atoms in total. The van der Waals surface area contributed by atoms with Crippen molar-refractivity contribution >= 4 is 23.5 Å². The molecule has 0 aromatic heterocycles. The van der Waals surface area contributed by atoms with Crippen LogP contribution in [-0.2, 0) is 9.59 Å². The molecule has 2 aliphatic rings. The van der Waals surface area contributed by atoms with E-state index in [0.717, 1.165) is 42.4 Å². The van der Waals surface area contributed by atoms with Crippen molar-refractivity contribution in [1.29, 1.82) is 0 Å². The summed E-state index contributed by atoms with van der Waals surface area (Å²) in [5, 5.41) is 4.93. The molecule has 1 spiro atoms. The second kappa shape index (κ2) is 6.42. The van der Waals surface area contributed by atoms with Crippen molar-refractivity contribution < 1.29 is 23.2 Å². The monoisotopic (exact) mass is 351 g/mol. The summed E-state index contributed by atoms with van der Waals surface area (Å²) in [6, 6.07) is 2.02. The van der Waals surface area contributed by atoms with Crippen LogP contribution in [0.3, 0.4) is 0 Å². The van der Waals surface area contributed by atoms with E-state index in [1.807, 2.05) is 6.92 Å². The summed E-state index contributed by atoms with van der Waals surface area (Å²) in [7, 11) is 0. The summed E-state index contributed by atoms with van der Waals surface area (Å²) >= 11 is 0. The van der Waals surface area contributed by atoms with Crippen molar-refractivity contribution in [1.82, 2.24) is 10.2 Å². The Kier molecular flexibility index (Phi) is 4.45. The molecule has 0 unspecified atom stereocenters. The summed E-state index contributed by atoms with van der Waals surface area (Å²) in [5.74, 6) is -2.73. The second-order valence-electron chi connectivity index (χ2n) is 6.61. The van der Waals surface area contributed by atoms with E-state index in [4.69, 9.17) is 0 Å². The Morgan fingerprint density at radius 3 is 2.84 bits per heavy atom. The van der Waals surface area contributed by atoms with E-state index >= 15 is 0 Å². The van der Waals surface area contributed by atoms with E-state index in [-0.39, 0.29) is 11.6 Å². The Morgan fingerprint density at radius 2 is 2.12 bits per heavy atom. The van der Waals surface area contributed by atoms with Crippen LogP contribution in [0.2, 0.25) is 0 Å². The third-order valence-corrected chi connectivity index (χ3v) is 5.01. The zero-order valence-electron chi connectivity index (χ0n) is 13.8. The first kappa shape index (κ1) is 17.3. The van der Waals surface area contributed by atoms with Gasteiger partial charge in [-0.2, -0.15) is 0 Å². The molecule has 1 aromatic rings. The molecule has 1 aromatic carbocycles. The average molecular weight is 351 g/mol. The van der Waals surface area contributed by atoms with Gasteiger partial charge in [-0.3, -0.25) is 14.5 Å². The summed E-state index contributed by atoms with van der Waals surface area (Å²) < 4.78 is 26.8. The molecule has 4 amide bonds. The minimum Gasteiger partial charge on any atom is -0.323 e. The fourth-order valence-corrected chi connectivity index (χ4v) is 3.57. The summed E-state index contributed by atoms with van der Waals surface area (Å²) in [6.07, 6.45) is 3.17. The maximum absolute atomic E-state index is 13.6. The highest BCUT2D eigenvalue weighted by molar-refractivity contribution is 6.10. The minimum atomic E-state index is -0.959. The number of benzene rings is 1. The van der Waals surface area contributed by atoms with E-state index in [2.05, 4.69) is 10.6 Å². The van der Waals surface area contributed by atoms with Gasteiger partial charge < -0.3 is 10.6 Å². The van der Waals surface area contributed by atoms with Crippen molar-refractivity contribution in [2.45, 2.75) is 38.1 Å². The number of rotatable bonds is 3. The predicted octanol–water partition coefficient (Wildman–Crippen LogP) is 2.40. The smallest absolute Gasteiger partial charge is 0.323 e. The molecule has 1 heterocycles. The van der Waals surface area contributed by atoms with Crippen molar-refractivity contribution in [3.8, 4) is 0 Å². The van der Waals surface area contributed by atoms with Crippen molar-refractivity contribution in [3.63, 3.8) is 0 Å². The zero-order valence-corrected chi connectivity index (χ0v) is 13.8. The molecule has 1 saturated heterocycles. The highest BCUT2D eigenvalue weighted by Crippen LogP contribution is 2.38. The number of urea groups is 1. The molecule has 3 rings (SSSR count). The first-order valence-electron chi connectivity index (χ1n) is 8.22. The quantitative estimate of drug-likeness (QED) is 0.821. The molecule has 1 saturated carbocycles. The van der Waals surface area contributed by atoms with Gasteiger partial charge >= 0.3 is 6.03 Å². The van der Waals surface area contributed by atoms with Crippen LogP contribution in [-0.4, -0.2) is 34.8 Å². The number of hydrogen-bond acceptors (Lipinski definition) is 3. The maximum Gasteiger partial charge on any atom is 0.325 e. The molecule has 2 N–H and O–H groups in total. The number of carbonyl (C=O) groups excluding carboxylic acids is 3. The lowest BCUT2D eigenvalue weighted by molar-refractivity contribution is -0.136. The van der Waals surface area contributed by atoms with Gasteiger partial charge in [0.25, 0.3) is 5.91 Å². The van der Waals surface area contributed by atoms with Crippen molar-refractivity contribution in [2.24, 2.45) is 5.92 Å². The minimum absolute atomic E-state index is 0.0218. The zero-order chi connectivity index (χ0) is 18.2. The lowest BCUT2D eigenvalue weighted by atomic mass is 9.73. The Hall–Kier alpha value is -2.51. The van der Waals surface area contributed by atoms with Crippen molar-refractivity contribution in [3.05, 3.63) is 29.8 Å². The highest BCUT2D eigenvalue weighted by Gasteiger charge is 2.55. The van der Waals surface area contributed by atoms with Gasteiger partial charge in [0, 0.05) is 6.07 Å². The van der Waals surface area contributed by atoms with Gasteiger partial charge in [0.2, 0.25) is 5.91 Å². The molecule has 1 aliphatic carbocycles. The molecule has 8 heteroatoms. The molecule has 134 valence electrons. The van der Waals surface area contributed by atoms with Crippen LogP contribution in [0.1, 0.15) is 32.6 Å². The summed E-state index contributed by atoms with van der Waals surface area (Å²) in [4.78, 5) is 37.9. The Balaban J connectivity index is 1.72. The van der Waals surface area contributed by atoms with E-state index in [1.54, 1.807) is 0 Å². The molecule has 2 fully saturated rings. The number of anilines is 1. The van der Waals surface area contributed by atoms with E-state index in [9.17, 15) is 23.2 Å². The molecule has 0 radical (unpaired) electrons. The van der Waals surface area contributed by atoms with Gasteiger partial charge in [0.1, 0.15) is 23.7 Å². The van der Waals surface area contributed by atoms with Gasteiger partial charge in [0.05, 0.1) is 5.69 Å². The molecule has 1 aliphatic heterocycles. The first-order chi connectivity index (χ1) is 11.8. The van der Waals surface area contributed by atoms with E-state index in [0.29, 0.717) is 6.42 Å². The van der Waals surface area contributed by atoms with Crippen LogP contribution in [0.4, 0.5) is 19.3 Å². The first-order valence-corrected chi connectivity index (χ1v) is 8.22. The van der Waals surface area contributed by atoms with Crippen LogP contribution in [0, 0.1) is 17.6 Å². The maximum atomic E-state index is 13.6. The largest absolute Gasteiger partial charge is 0.325 e. The average Bonchev–Trinajstić information content (AvgIpc) is 2.79. The SMILES string of the molecule is C[C@@H]1CCCC[C@@]12NC(=O)N(CC(=O)Nc1cc(F)ccc1F)C2=O. The fourth-order valence-electron chi connectivity index (χ4n) is 3.57. The van der Waals surface area contributed by atoms with Gasteiger partial charge in [-0.1, -0.05) is 19.8 Å². The fraction of sp³-hybridized carbons (Fsp3) is 0.471. The molecular weight excluding hydrogens is 332 g/mol. The lowest BCUT2D eigenvalue weighted by Gasteiger charge is -2.36. The number of carbonyl (C=O) groups is 3. The molecular formula is C17H19F2N3O3. The van der Waals surface area contributed by atoms with Crippen LogP contribution in [0.5, 0.6) is 0 Å². The summed E-state index contributed by atoms with van der Waals surface area (Å²) in [5.41, 5.74) is -1.29. The van der Waals surface area contributed by atoms with E-state index in [1.165, 1.54) is 0 Å². The number of hydrogen-bond donors (Lipinski definition) is 2. The van der Waals surface area contributed by atoms with Crippen LogP contribution in [0.25, 0.3) is 0 Å². The van der Waals surface area contributed by atoms with Gasteiger partial charge in [0.15, 0.2) is 0 Å². The Morgan fingerprint density at radius 1 is 1.36 bits per heavy atom. The molecule has 2 atom stereocenters. The van der Waals surface area contributed by atoms with Crippen LogP contribution in [0.15, 0.2) is 18.2 Å². The third kappa shape index (κ3) is 3.08. The number of nitrogens with zero attached hydrogens (tertiary/aromatic N) is 1. The molecule has 0 bridgehead atoms. The van der Waals surface area contributed by atoms with Gasteiger partial charge in [-0.05, 0) is 30.9 Å². The normalized spacial score (nSPS) is 26.0. The Labute approximate surface area is 143 Å². The molecule has 25 heavy (non-hydrogen) atoms. The number of nitrogens with one attached hydrogen (secondary N) is 2. The topological polar surface area (TPSA) is 78.5 Å². The number of imide groups is 1. The third-order valence-electron chi connectivity index (χ3n) is 5.01. The predicted molar refractivity (Wildman–Crippen MR) is 85.6 cm³/mol. The van der Waals surface area contributed by atoms with Gasteiger partial charge in [-0.25, -0.2) is 13.6 Å². The number of amides is 4. The highest BCUT2D eigenvalue weighted by atomic mass is 19.1. The summed E-state index contributed by atoms with van der Waals surface area (Å²) in [6.45, 7) is 1.36. The number of halogens is 2. The second-order valence-corrected chi connectivity index (χ2v) is 6.61. The standard InChI is InChI=1S/C17H19F2N3O3/c1-10-4-2-3-7-17(10)15(24)22(16(25)21-17)9-14(23)20-13-8-11(18)5-6-12(13)19/h5-6,8,10H,2-4,7,9H2,1H3,(H,20,23)(H,21,25)/t10-,17-/m1/s1. The van der Waals surface area contributed by atoms with Gasteiger partial charge in [-0.15, -0.1) is 0 Å². The van der Waals surface area contributed by atoms with Crippen molar-refractivity contribution in [2.75, 3.05) is 11.9 Å². The van der Waals surface area contributed by atoms with E-state index < -0.39 is 41.6 Å². The Bertz CT molecular complexity index is 740. The lowest BCUT2D eigenvalue weighted by Crippen LogP contribution is -2.54.